The van der Waals surface area contributed by atoms with Crippen LogP contribution in [0.3, 0.4) is 0 Å². The Balaban J connectivity index is 1.77. The molecule has 2 aliphatic heterocycles. The Kier molecular flexibility index (Phi) is 5.53. The van der Waals surface area contributed by atoms with E-state index in [0.717, 1.165) is 17.6 Å². The summed E-state index contributed by atoms with van der Waals surface area (Å²) in [6.45, 7) is 0.968. The zero-order valence-corrected chi connectivity index (χ0v) is 14.8. The molecule has 2 heterocycles. The summed E-state index contributed by atoms with van der Waals surface area (Å²) in [5.74, 6) is -0.666. The number of rotatable bonds is 4. The lowest BCUT2D eigenvalue weighted by molar-refractivity contribution is -0.134. The van der Waals surface area contributed by atoms with Crippen LogP contribution >= 0.6 is 0 Å². The Labute approximate surface area is 148 Å². The highest BCUT2D eigenvalue weighted by Crippen LogP contribution is 2.27. The summed E-state index contributed by atoms with van der Waals surface area (Å²) in [5, 5.41) is 8.90. The molecule has 0 aromatic heterocycles. The van der Waals surface area contributed by atoms with E-state index >= 15 is 0 Å². The predicted molar refractivity (Wildman–Crippen MR) is 93.8 cm³/mol. The molecular weight excluding hydrogens is 342 g/mol. The molecule has 0 aliphatic carbocycles. The van der Waals surface area contributed by atoms with Crippen molar-refractivity contribution in [3.05, 3.63) is 42.0 Å². The summed E-state index contributed by atoms with van der Waals surface area (Å²) >= 11 is 0. The van der Waals surface area contributed by atoms with Crippen LogP contribution in [0.4, 0.5) is 0 Å². The van der Waals surface area contributed by atoms with E-state index in [2.05, 4.69) is 0 Å². The van der Waals surface area contributed by atoms with Crippen LogP contribution < -0.4 is 5.48 Å². The van der Waals surface area contributed by atoms with Crippen LogP contribution in [0.15, 0.2) is 36.4 Å². The Bertz CT molecular complexity index is 748. The summed E-state index contributed by atoms with van der Waals surface area (Å²) in [6, 6.07) is 9.07. The van der Waals surface area contributed by atoms with Crippen LogP contribution in [0, 0.1) is 0 Å². The minimum atomic E-state index is -3.74. The van der Waals surface area contributed by atoms with Crippen molar-refractivity contribution in [3.63, 3.8) is 0 Å². The first kappa shape index (κ1) is 18.1. The van der Waals surface area contributed by atoms with Crippen molar-refractivity contribution in [2.24, 2.45) is 0 Å². The Hall–Kier alpha value is -1.74. The van der Waals surface area contributed by atoms with E-state index in [0.29, 0.717) is 32.4 Å². The quantitative estimate of drug-likeness (QED) is 0.623. The fourth-order valence-electron chi connectivity index (χ4n) is 3.44. The fraction of sp³-hybridized carbons (Fsp3) is 0.471. The summed E-state index contributed by atoms with van der Waals surface area (Å²) in [5.41, 5.74) is 3.83. The van der Waals surface area contributed by atoms with E-state index in [1.54, 1.807) is 5.48 Å². The number of amides is 1. The van der Waals surface area contributed by atoms with Gasteiger partial charge in [-0.05, 0) is 30.4 Å². The number of benzene rings is 1. The molecule has 1 atom stereocenters. The van der Waals surface area contributed by atoms with Gasteiger partial charge in [-0.3, -0.25) is 10.0 Å². The zero-order chi connectivity index (χ0) is 17.9. The SMILES string of the molecule is O=C(NO)[C@H]1CCCCN1S(=O)(=O)N1CC=C(c2ccccc2)CC1. The molecule has 2 N–H and O–H groups in total. The van der Waals surface area contributed by atoms with Crippen LogP contribution in [0.1, 0.15) is 31.2 Å². The predicted octanol–water partition coefficient (Wildman–Crippen LogP) is 1.38. The van der Waals surface area contributed by atoms with Gasteiger partial charge in [0.25, 0.3) is 16.1 Å². The molecule has 0 radical (unpaired) electrons. The number of piperidine rings is 1. The number of carbonyl (C=O) groups excluding carboxylic acids is 1. The molecule has 1 aromatic carbocycles. The van der Waals surface area contributed by atoms with Gasteiger partial charge in [-0.1, -0.05) is 42.8 Å². The van der Waals surface area contributed by atoms with Crippen LogP contribution in [0.25, 0.3) is 5.57 Å². The van der Waals surface area contributed by atoms with Gasteiger partial charge in [-0.25, -0.2) is 5.48 Å². The van der Waals surface area contributed by atoms with Crippen LogP contribution in [0.2, 0.25) is 0 Å². The van der Waals surface area contributed by atoms with Crippen molar-refractivity contribution in [2.45, 2.75) is 31.7 Å². The molecule has 1 amide bonds. The van der Waals surface area contributed by atoms with Crippen LogP contribution in [-0.2, 0) is 15.0 Å². The Morgan fingerprint density at radius 2 is 1.92 bits per heavy atom. The molecule has 0 spiro atoms. The number of hydrogen-bond donors (Lipinski definition) is 2. The van der Waals surface area contributed by atoms with Crippen molar-refractivity contribution in [2.75, 3.05) is 19.6 Å². The molecule has 0 saturated carbocycles. The molecule has 1 saturated heterocycles. The highest BCUT2D eigenvalue weighted by atomic mass is 32.2. The summed E-state index contributed by atoms with van der Waals surface area (Å²) in [7, 11) is -3.74. The summed E-state index contributed by atoms with van der Waals surface area (Å²) in [6.07, 6.45) is 4.47. The smallest absolute Gasteiger partial charge is 0.283 e. The molecule has 136 valence electrons. The lowest BCUT2D eigenvalue weighted by Crippen LogP contribution is -2.56. The van der Waals surface area contributed by atoms with Crippen molar-refractivity contribution in [1.82, 2.24) is 14.1 Å². The first-order valence-corrected chi connectivity index (χ1v) is 9.89. The monoisotopic (exact) mass is 365 g/mol. The van der Waals surface area contributed by atoms with Gasteiger partial charge in [0, 0.05) is 19.6 Å². The third-order valence-corrected chi connectivity index (χ3v) is 6.82. The van der Waals surface area contributed by atoms with Crippen molar-refractivity contribution < 1.29 is 18.4 Å². The average molecular weight is 365 g/mol. The lowest BCUT2D eigenvalue weighted by Gasteiger charge is -2.37. The highest BCUT2D eigenvalue weighted by Gasteiger charge is 2.40. The van der Waals surface area contributed by atoms with E-state index in [1.165, 1.54) is 8.61 Å². The molecule has 1 fully saturated rings. The zero-order valence-electron chi connectivity index (χ0n) is 14.0. The fourth-order valence-corrected chi connectivity index (χ4v) is 5.20. The number of nitrogens with zero attached hydrogens (tertiary/aromatic N) is 2. The van der Waals surface area contributed by atoms with E-state index < -0.39 is 22.2 Å². The maximum Gasteiger partial charge on any atom is 0.283 e. The first-order chi connectivity index (χ1) is 12.0. The van der Waals surface area contributed by atoms with E-state index in [9.17, 15) is 13.2 Å². The summed E-state index contributed by atoms with van der Waals surface area (Å²) < 4.78 is 28.6. The first-order valence-electron chi connectivity index (χ1n) is 8.49. The van der Waals surface area contributed by atoms with Gasteiger partial charge in [0.1, 0.15) is 6.04 Å². The molecular formula is C17H23N3O4S. The van der Waals surface area contributed by atoms with Crippen molar-refractivity contribution >= 4 is 21.7 Å². The second-order valence-electron chi connectivity index (χ2n) is 6.31. The third-order valence-electron chi connectivity index (χ3n) is 4.81. The number of hydrogen-bond acceptors (Lipinski definition) is 4. The Morgan fingerprint density at radius 1 is 1.16 bits per heavy atom. The second-order valence-corrected chi connectivity index (χ2v) is 8.19. The lowest BCUT2D eigenvalue weighted by atomic mass is 10.0. The topological polar surface area (TPSA) is 90.0 Å². The maximum absolute atomic E-state index is 13.0. The van der Waals surface area contributed by atoms with Gasteiger partial charge in [-0.2, -0.15) is 17.0 Å². The van der Waals surface area contributed by atoms with Crippen LogP contribution in [-0.4, -0.2) is 53.8 Å². The molecule has 0 bridgehead atoms. The van der Waals surface area contributed by atoms with Gasteiger partial charge < -0.3 is 0 Å². The van der Waals surface area contributed by atoms with Gasteiger partial charge in [0.15, 0.2) is 0 Å². The molecule has 2 aliphatic rings. The van der Waals surface area contributed by atoms with Crippen LogP contribution in [0.5, 0.6) is 0 Å². The molecule has 8 heteroatoms. The molecule has 3 rings (SSSR count). The normalized spacial score (nSPS) is 23.1. The maximum atomic E-state index is 13.0. The minimum Gasteiger partial charge on any atom is -0.289 e. The van der Waals surface area contributed by atoms with E-state index in [4.69, 9.17) is 5.21 Å². The largest absolute Gasteiger partial charge is 0.289 e. The molecule has 0 unspecified atom stereocenters. The molecule has 7 nitrogen and oxygen atoms in total. The summed E-state index contributed by atoms with van der Waals surface area (Å²) in [4.78, 5) is 11.8. The minimum absolute atomic E-state index is 0.288. The third kappa shape index (κ3) is 3.77. The Morgan fingerprint density at radius 3 is 2.56 bits per heavy atom. The van der Waals surface area contributed by atoms with Gasteiger partial charge in [0.2, 0.25) is 0 Å². The van der Waals surface area contributed by atoms with Crippen molar-refractivity contribution in [1.29, 1.82) is 0 Å². The van der Waals surface area contributed by atoms with E-state index in [1.807, 2.05) is 36.4 Å². The van der Waals surface area contributed by atoms with Crippen molar-refractivity contribution in [3.8, 4) is 0 Å². The van der Waals surface area contributed by atoms with Gasteiger partial charge >= 0.3 is 0 Å². The second kappa shape index (κ2) is 7.65. The molecule has 25 heavy (non-hydrogen) atoms. The molecule has 1 aromatic rings. The highest BCUT2D eigenvalue weighted by molar-refractivity contribution is 7.86. The number of carbonyl (C=O) groups is 1. The van der Waals surface area contributed by atoms with Gasteiger partial charge in [0.05, 0.1) is 0 Å². The standard InChI is InChI=1S/C17H23N3O4S/c21-17(18-22)16-8-4-5-11-20(16)25(23,24)19-12-9-15(10-13-19)14-6-2-1-3-7-14/h1-3,6-7,9,16,22H,4-5,8,10-13H2,(H,18,21)/t16-/m1/s1. The number of nitrogens with one attached hydrogen (secondary N) is 1. The number of hydroxylamine groups is 1. The average Bonchev–Trinajstić information content (AvgIpc) is 2.68. The van der Waals surface area contributed by atoms with Gasteiger partial charge in [-0.15, -0.1) is 0 Å². The van der Waals surface area contributed by atoms with E-state index in [-0.39, 0.29) is 6.54 Å².